The molecular weight excluding hydrogens is 296 g/mol. The Morgan fingerprint density at radius 2 is 1.91 bits per heavy atom. The van der Waals surface area contributed by atoms with Crippen LogP contribution >= 0.6 is 0 Å². The van der Waals surface area contributed by atoms with Crippen LogP contribution in [-0.4, -0.2) is 65.7 Å². The van der Waals surface area contributed by atoms with E-state index in [0.29, 0.717) is 19.1 Å². The lowest BCUT2D eigenvalue weighted by atomic mass is 10.00. The van der Waals surface area contributed by atoms with Gasteiger partial charge >= 0.3 is 6.09 Å². The van der Waals surface area contributed by atoms with Gasteiger partial charge in [0.25, 0.3) is 0 Å². The summed E-state index contributed by atoms with van der Waals surface area (Å²) in [5.41, 5.74) is -0.535. The molecule has 0 spiro atoms. The summed E-state index contributed by atoms with van der Waals surface area (Å²) in [6.45, 7) is 12.8. The van der Waals surface area contributed by atoms with Crippen molar-refractivity contribution in [1.29, 1.82) is 0 Å². The molecule has 3 atom stereocenters. The zero-order valence-electron chi connectivity index (χ0n) is 15.5. The van der Waals surface area contributed by atoms with Gasteiger partial charge in [-0.2, -0.15) is 0 Å². The standard InChI is InChI=1S/C17H34N2O4/c1-12(20)11-19(16(21)23-17(4,5)6)8-7-18-15-9-13(2)22-14(3)10-15/h12-15,18,20H,7-11H2,1-6H3. The van der Waals surface area contributed by atoms with E-state index < -0.39 is 11.7 Å². The first-order valence-corrected chi connectivity index (χ1v) is 8.61. The topological polar surface area (TPSA) is 71.0 Å². The number of ether oxygens (including phenoxy) is 2. The van der Waals surface area contributed by atoms with E-state index >= 15 is 0 Å². The van der Waals surface area contributed by atoms with Crippen molar-refractivity contribution in [2.45, 2.75) is 84.3 Å². The second-order valence-corrected chi connectivity index (χ2v) is 7.66. The maximum atomic E-state index is 12.2. The summed E-state index contributed by atoms with van der Waals surface area (Å²) in [6.07, 6.45) is 1.52. The van der Waals surface area contributed by atoms with Crippen molar-refractivity contribution < 1.29 is 19.4 Å². The largest absolute Gasteiger partial charge is 0.444 e. The lowest BCUT2D eigenvalue weighted by Crippen LogP contribution is -2.47. The van der Waals surface area contributed by atoms with E-state index in [1.54, 1.807) is 11.8 Å². The minimum atomic E-state index is -0.578. The van der Waals surface area contributed by atoms with Gasteiger partial charge in [0.15, 0.2) is 0 Å². The SMILES string of the molecule is CC(O)CN(CCNC1CC(C)OC(C)C1)C(=O)OC(C)(C)C. The smallest absolute Gasteiger partial charge is 0.410 e. The summed E-state index contributed by atoms with van der Waals surface area (Å²) in [6, 6.07) is 0.404. The maximum absolute atomic E-state index is 12.2. The first-order chi connectivity index (χ1) is 10.6. The van der Waals surface area contributed by atoms with Crippen molar-refractivity contribution in [2.75, 3.05) is 19.6 Å². The normalized spacial score (nSPS) is 26.7. The number of hydrogen-bond acceptors (Lipinski definition) is 5. The van der Waals surface area contributed by atoms with E-state index in [9.17, 15) is 9.90 Å². The molecule has 2 N–H and O–H groups in total. The molecule has 1 amide bonds. The number of amides is 1. The first-order valence-electron chi connectivity index (χ1n) is 8.61. The monoisotopic (exact) mass is 330 g/mol. The Morgan fingerprint density at radius 1 is 1.35 bits per heavy atom. The van der Waals surface area contributed by atoms with Gasteiger partial charge in [-0.15, -0.1) is 0 Å². The van der Waals surface area contributed by atoms with E-state index in [1.165, 1.54) is 0 Å². The molecule has 1 saturated heterocycles. The fourth-order valence-corrected chi connectivity index (χ4v) is 2.88. The number of carbonyl (C=O) groups excluding carboxylic acids is 1. The van der Waals surface area contributed by atoms with Crippen molar-refractivity contribution in [2.24, 2.45) is 0 Å². The van der Waals surface area contributed by atoms with Gasteiger partial charge in [-0.1, -0.05) is 0 Å². The van der Waals surface area contributed by atoms with Gasteiger partial charge in [0.1, 0.15) is 5.60 Å². The second-order valence-electron chi connectivity index (χ2n) is 7.66. The second kappa shape index (κ2) is 8.85. The van der Waals surface area contributed by atoms with Gasteiger partial charge in [-0.05, 0) is 54.4 Å². The van der Waals surface area contributed by atoms with Gasteiger partial charge in [0.2, 0.25) is 0 Å². The van der Waals surface area contributed by atoms with Crippen molar-refractivity contribution in [1.82, 2.24) is 10.2 Å². The lowest BCUT2D eigenvalue weighted by Gasteiger charge is -2.33. The zero-order valence-corrected chi connectivity index (χ0v) is 15.5. The third-order valence-electron chi connectivity index (χ3n) is 3.65. The molecule has 136 valence electrons. The molecule has 6 nitrogen and oxygen atoms in total. The molecule has 1 aliphatic rings. The lowest BCUT2D eigenvalue weighted by molar-refractivity contribution is -0.0424. The van der Waals surface area contributed by atoms with E-state index in [-0.39, 0.29) is 24.8 Å². The highest BCUT2D eigenvalue weighted by Gasteiger charge is 2.25. The minimum Gasteiger partial charge on any atom is -0.444 e. The number of rotatable bonds is 6. The van der Waals surface area contributed by atoms with Crippen LogP contribution in [-0.2, 0) is 9.47 Å². The summed E-state index contributed by atoms with van der Waals surface area (Å²) in [4.78, 5) is 13.8. The molecule has 1 aliphatic heterocycles. The highest BCUT2D eigenvalue weighted by atomic mass is 16.6. The zero-order chi connectivity index (χ0) is 17.6. The average molecular weight is 330 g/mol. The predicted molar refractivity (Wildman–Crippen MR) is 90.5 cm³/mol. The van der Waals surface area contributed by atoms with Gasteiger partial charge in [-0.3, -0.25) is 0 Å². The summed E-state index contributed by atoms with van der Waals surface area (Å²) in [5.74, 6) is 0. The summed E-state index contributed by atoms with van der Waals surface area (Å²) >= 11 is 0. The molecule has 0 radical (unpaired) electrons. The molecule has 1 rings (SSSR count). The number of nitrogens with zero attached hydrogens (tertiary/aromatic N) is 1. The molecule has 0 saturated carbocycles. The van der Waals surface area contributed by atoms with Crippen LogP contribution in [0.25, 0.3) is 0 Å². The summed E-state index contributed by atoms with van der Waals surface area (Å²) in [5, 5.41) is 13.1. The Hall–Kier alpha value is -0.850. The Labute approximate surface area is 140 Å². The molecular formula is C17H34N2O4. The number of carbonyl (C=O) groups is 1. The number of nitrogens with one attached hydrogen (secondary N) is 1. The minimum absolute atomic E-state index is 0.260. The predicted octanol–water partition coefficient (Wildman–Crippen LogP) is 2.15. The van der Waals surface area contributed by atoms with Crippen LogP contribution in [0.15, 0.2) is 0 Å². The maximum Gasteiger partial charge on any atom is 0.410 e. The molecule has 1 fully saturated rings. The Morgan fingerprint density at radius 3 is 2.39 bits per heavy atom. The molecule has 0 aromatic rings. The Balaban J connectivity index is 2.46. The van der Waals surface area contributed by atoms with Crippen LogP contribution in [0.1, 0.15) is 54.4 Å². The van der Waals surface area contributed by atoms with Gasteiger partial charge in [0.05, 0.1) is 18.3 Å². The quantitative estimate of drug-likeness (QED) is 0.781. The van der Waals surface area contributed by atoms with Crippen LogP contribution in [0.2, 0.25) is 0 Å². The van der Waals surface area contributed by atoms with Crippen LogP contribution in [0, 0.1) is 0 Å². The highest BCUT2D eigenvalue weighted by molar-refractivity contribution is 5.68. The van der Waals surface area contributed by atoms with Crippen LogP contribution in [0.3, 0.4) is 0 Å². The number of aliphatic hydroxyl groups excluding tert-OH is 1. The van der Waals surface area contributed by atoms with Crippen LogP contribution in [0.5, 0.6) is 0 Å². The molecule has 23 heavy (non-hydrogen) atoms. The van der Waals surface area contributed by atoms with Crippen LogP contribution in [0.4, 0.5) is 4.79 Å². The van der Waals surface area contributed by atoms with Crippen molar-refractivity contribution in [3.63, 3.8) is 0 Å². The average Bonchev–Trinajstić information content (AvgIpc) is 2.33. The number of hydrogen-bond donors (Lipinski definition) is 2. The fourth-order valence-electron chi connectivity index (χ4n) is 2.88. The van der Waals surface area contributed by atoms with E-state index in [4.69, 9.17) is 9.47 Å². The van der Waals surface area contributed by atoms with E-state index in [1.807, 2.05) is 20.8 Å². The van der Waals surface area contributed by atoms with Gasteiger partial charge < -0.3 is 24.8 Å². The molecule has 3 unspecified atom stereocenters. The third-order valence-corrected chi connectivity index (χ3v) is 3.65. The highest BCUT2D eigenvalue weighted by Crippen LogP contribution is 2.18. The van der Waals surface area contributed by atoms with Crippen molar-refractivity contribution >= 4 is 6.09 Å². The molecule has 6 heteroatoms. The van der Waals surface area contributed by atoms with Crippen LogP contribution < -0.4 is 5.32 Å². The van der Waals surface area contributed by atoms with Gasteiger partial charge in [0, 0.05) is 25.7 Å². The Kier molecular flexibility index (Phi) is 7.77. The number of aliphatic hydroxyl groups is 1. The molecule has 0 aromatic carbocycles. The molecule has 1 heterocycles. The summed E-state index contributed by atoms with van der Waals surface area (Å²) < 4.78 is 11.1. The fraction of sp³-hybridized carbons (Fsp3) is 0.941. The first kappa shape index (κ1) is 20.2. The summed E-state index contributed by atoms with van der Waals surface area (Å²) in [7, 11) is 0. The molecule has 0 aromatic heterocycles. The molecule has 0 bridgehead atoms. The Bertz CT molecular complexity index is 358. The van der Waals surface area contributed by atoms with Gasteiger partial charge in [-0.25, -0.2) is 4.79 Å². The third kappa shape index (κ3) is 8.53. The molecule has 0 aliphatic carbocycles. The van der Waals surface area contributed by atoms with Crippen molar-refractivity contribution in [3.05, 3.63) is 0 Å². The van der Waals surface area contributed by atoms with Crippen molar-refractivity contribution in [3.8, 4) is 0 Å². The van der Waals surface area contributed by atoms with E-state index in [2.05, 4.69) is 19.2 Å². The van der Waals surface area contributed by atoms with E-state index in [0.717, 1.165) is 12.8 Å².